The molecule has 0 aliphatic heterocycles. The Labute approximate surface area is 152 Å². The Morgan fingerprint density at radius 2 is 1.81 bits per heavy atom. The van der Waals surface area contributed by atoms with Crippen LogP contribution in [0.3, 0.4) is 0 Å². The highest BCUT2D eigenvalue weighted by Gasteiger charge is 2.23. The summed E-state index contributed by atoms with van der Waals surface area (Å²) in [7, 11) is 0. The van der Waals surface area contributed by atoms with Gasteiger partial charge in [0.15, 0.2) is 0 Å². The SMILES string of the molecule is N#Cc1c(NC(=O)c2cc(C(=O)[O-])ccc2C(=O)[O-])sc2c1CCCC2. The van der Waals surface area contributed by atoms with Crippen molar-refractivity contribution < 1.29 is 24.6 Å². The third-order valence-electron chi connectivity index (χ3n) is 4.23. The average molecular weight is 368 g/mol. The van der Waals surface area contributed by atoms with Crippen molar-refractivity contribution in [3.05, 3.63) is 50.9 Å². The summed E-state index contributed by atoms with van der Waals surface area (Å²) >= 11 is 1.29. The first kappa shape index (κ1) is 17.6. The van der Waals surface area contributed by atoms with Gasteiger partial charge in [0.2, 0.25) is 0 Å². The second-order valence-corrected chi connectivity index (χ2v) is 6.92. The minimum atomic E-state index is -1.61. The third-order valence-corrected chi connectivity index (χ3v) is 5.44. The summed E-state index contributed by atoms with van der Waals surface area (Å²) in [5.41, 5.74) is 0.173. The normalized spacial score (nSPS) is 12.7. The molecule has 1 aliphatic rings. The molecule has 1 aliphatic carbocycles. The summed E-state index contributed by atoms with van der Waals surface area (Å²) in [6, 6.07) is 5.03. The van der Waals surface area contributed by atoms with Crippen molar-refractivity contribution in [1.82, 2.24) is 0 Å². The van der Waals surface area contributed by atoms with Crippen molar-refractivity contribution in [2.75, 3.05) is 5.32 Å². The maximum Gasteiger partial charge on any atom is 0.256 e. The lowest BCUT2D eigenvalue weighted by Crippen LogP contribution is -2.28. The average Bonchev–Trinajstić information content (AvgIpc) is 2.97. The second kappa shape index (κ2) is 6.98. The Kier molecular flexibility index (Phi) is 4.73. The van der Waals surface area contributed by atoms with Crippen LogP contribution < -0.4 is 15.5 Å². The van der Waals surface area contributed by atoms with Gasteiger partial charge in [0, 0.05) is 16.0 Å². The number of nitrogens with one attached hydrogen (secondary N) is 1. The van der Waals surface area contributed by atoms with Crippen molar-refractivity contribution in [3.63, 3.8) is 0 Å². The van der Waals surface area contributed by atoms with Crippen LogP contribution in [0.4, 0.5) is 5.00 Å². The predicted octanol–water partition coefficient (Wildman–Crippen LogP) is 0.478. The van der Waals surface area contributed by atoms with E-state index >= 15 is 0 Å². The zero-order valence-corrected chi connectivity index (χ0v) is 14.3. The fourth-order valence-corrected chi connectivity index (χ4v) is 4.21. The fourth-order valence-electron chi connectivity index (χ4n) is 2.98. The maximum atomic E-state index is 12.6. The van der Waals surface area contributed by atoms with E-state index in [0.29, 0.717) is 10.6 Å². The lowest BCUT2D eigenvalue weighted by atomic mass is 9.96. The van der Waals surface area contributed by atoms with Crippen LogP contribution in [-0.4, -0.2) is 17.8 Å². The number of carbonyl (C=O) groups excluding carboxylic acids is 3. The van der Waals surface area contributed by atoms with Gasteiger partial charge in [-0.1, -0.05) is 12.1 Å². The summed E-state index contributed by atoms with van der Waals surface area (Å²) in [5, 5.41) is 34.6. The summed E-state index contributed by atoms with van der Waals surface area (Å²) in [5.74, 6) is -3.96. The summed E-state index contributed by atoms with van der Waals surface area (Å²) in [6.45, 7) is 0. The van der Waals surface area contributed by atoms with Crippen molar-refractivity contribution in [1.29, 1.82) is 5.26 Å². The highest BCUT2D eigenvalue weighted by molar-refractivity contribution is 7.16. The zero-order valence-electron chi connectivity index (χ0n) is 13.5. The van der Waals surface area contributed by atoms with E-state index in [9.17, 15) is 29.9 Å². The van der Waals surface area contributed by atoms with Crippen LogP contribution in [0.15, 0.2) is 18.2 Å². The number of thiophene rings is 1. The van der Waals surface area contributed by atoms with Gasteiger partial charge in [0.1, 0.15) is 11.1 Å². The number of aryl methyl sites for hydroxylation is 1. The minimum absolute atomic E-state index is 0.328. The lowest BCUT2D eigenvalue weighted by Gasteiger charge is -2.13. The van der Waals surface area contributed by atoms with E-state index in [1.165, 1.54) is 11.3 Å². The number of rotatable bonds is 4. The van der Waals surface area contributed by atoms with Crippen molar-refractivity contribution in [3.8, 4) is 6.07 Å². The van der Waals surface area contributed by atoms with Gasteiger partial charge in [-0.2, -0.15) is 5.26 Å². The van der Waals surface area contributed by atoms with Crippen LogP contribution in [-0.2, 0) is 12.8 Å². The molecule has 2 aromatic rings. The van der Waals surface area contributed by atoms with Crippen molar-refractivity contribution >= 4 is 34.2 Å². The monoisotopic (exact) mass is 368 g/mol. The number of anilines is 1. The van der Waals surface area contributed by atoms with E-state index in [-0.39, 0.29) is 11.1 Å². The largest absolute Gasteiger partial charge is 0.545 e. The molecule has 7 nitrogen and oxygen atoms in total. The number of carboxylic acids is 2. The smallest absolute Gasteiger partial charge is 0.256 e. The summed E-state index contributed by atoms with van der Waals surface area (Å²) in [4.78, 5) is 35.9. The van der Waals surface area contributed by atoms with Crippen LogP contribution in [0.1, 0.15) is 59.9 Å². The van der Waals surface area contributed by atoms with Gasteiger partial charge < -0.3 is 25.1 Å². The molecule has 26 heavy (non-hydrogen) atoms. The summed E-state index contributed by atoms with van der Waals surface area (Å²) < 4.78 is 0. The molecule has 0 radical (unpaired) electrons. The number of hydrogen-bond acceptors (Lipinski definition) is 7. The number of nitrogens with zero attached hydrogens (tertiary/aromatic N) is 1. The molecule has 0 bridgehead atoms. The van der Waals surface area contributed by atoms with Gasteiger partial charge in [-0.15, -0.1) is 11.3 Å². The molecule has 1 aromatic heterocycles. The Hall–Kier alpha value is -3.18. The molecule has 3 rings (SSSR count). The molecule has 0 fully saturated rings. The maximum absolute atomic E-state index is 12.6. The van der Waals surface area contributed by atoms with E-state index < -0.39 is 23.4 Å². The highest BCUT2D eigenvalue weighted by atomic mass is 32.1. The Morgan fingerprint density at radius 1 is 1.08 bits per heavy atom. The van der Waals surface area contributed by atoms with E-state index in [4.69, 9.17) is 0 Å². The molecule has 0 saturated carbocycles. The number of hydrogen-bond donors (Lipinski definition) is 1. The van der Waals surface area contributed by atoms with Gasteiger partial charge in [-0.05, 0) is 42.9 Å². The number of fused-ring (bicyclic) bond motifs is 1. The molecule has 1 amide bonds. The quantitative estimate of drug-likeness (QED) is 0.834. The predicted molar refractivity (Wildman–Crippen MR) is 88.7 cm³/mol. The lowest BCUT2D eigenvalue weighted by molar-refractivity contribution is -0.256. The fraction of sp³-hybridized carbons (Fsp3) is 0.222. The Balaban J connectivity index is 2.00. The number of aromatic carboxylic acids is 2. The first-order valence-corrected chi connectivity index (χ1v) is 8.66. The van der Waals surface area contributed by atoms with Crippen molar-refractivity contribution in [2.45, 2.75) is 25.7 Å². The van der Waals surface area contributed by atoms with Gasteiger partial charge in [0.25, 0.3) is 5.91 Å². The molecule has 0 unspecified atom stereocenters. The molecule has 1 aromatic carbocycles. The Morgan fingerprint density at radius 3 is 2.46 bits per heavy atom. The number of carbonyl (C=O) groups is 3. The van der Waals surface area contributed by atoms with E-state index in [0.717, 1.165) is 54.3 Å². The number of benzene rings is 1. The number of carboxylic acid groups (broad SMARTS) is 2. The number of nitriles is 1. The molecule has 0 atom stereocenters. The Bertz CT molecular complexity index is 971. The van der Waals surface area contributed by atoms with Crippen LogP contribution in [0.2, 0.25) is 0 Å². The molecule has 0 spiro atoms. The van der Waals surface area contributed by atoms with Gasteiger partial charge in [0.05, 0.1) is 17.5 Å². The molecule has 132 valence electrons. The standard InChI is InChI=1S/C18H14N2O5S/c19-8-13-10-3-1-2-4-14(10)26-16(13)20-15(21)12-7-9(17(22)23)5-6-11(12)18(24)25/h5-7H,1-4H2,(H,20,21)(H,22,23)(H,24,25)/p-2. The van der Waals surface area contributed by atoms with Gasteiger partial charge >= 0.3 is 0 Å². The van der Waals surface area contributed by atoms with E-state index in [1.54, 1.807) is 0 Å². The molecular formula is C18H12N2O5S-2. The third kappa shape index (κ3) is 3.17. The first-order chi connectivity index (χ1) is 12.4. The first-order valence-electron chi connectivity index (χ1n) is 7.85. The topological polar surface area (TPSA) is 133 Å². The van der Waals surface area contributed by atoms with Crippen LogP contribution in [0.25, 0.3) is 0 Å². The van der Waals surface area contributed by atoms with E-state index in [1.807, 2.05) is 0 Å². The minimum Gasteiger partial charge on any atom is -0.545 e. The summed E-state index contributed by atoms with van der Waals surface area (Å²) in [6.07, 6.45) is 3.56. The van der Waals surface area contributed by atoms with Gasteiger partial charge in [-0.3, -0.25) is 4.79 Å². The van der Waals surface area contributed by atoms with Crippen molar-refractivity contribution in [2.24, 2.45) is 0 Å². The molecule has 8 heteroatoms. The molecule has 1 N–H and O–H groups in total. The highest BCUT2D eigenvalue weighted by Crippen LogP contribution is 2.37. The van der Waals surface area contributed by atoms with Crippen LogP contribution in [0.5, 0.6) is 0 Å². The van der Waals surface area contributed by atoms with Gasteiger partial charge in [-0.25, -0.2) is 0 Å². The van der Waals surface area contributed by atoms with E-state index in [2.05, 4.69) is 11.4 Å². The number of amides is 1. The molecule has 1 heterocycles. The van der Waals surface area contributed by atoms with Crippen LogP contribution >= 0.6 is 11.3 Å². The molecular weight excluding hydrogens is 356 g/mol. The second-order valence-electron chi connectivity index (χ2n) is 5.82. The van der Waals surface area contributed by atoms with Crippen LogP contribution in [0, 0.1) is 11.3 Å². The zero-order chi connectivity index (χ0) is 18.8. The molecule has 0 saturated heterocycles.